The van der Waals surface area contributed by atoms with E-state index in [-0.39, 0.29) is 11.8 Å². The lowest BCUT2D eigenvalue weighted by molar-refractivity contribution is -0.526. The predicted octanol–water partition coefficient (Wildman–Crippen LogP) is 0.776. The number of carboxylic acid groups (broad SMARTS) is 2. The fourth-order valence-electron chi connectivity index (χ4n) is 7.35. The lowest BCUT2D eigenvalue weighted by atomic mass is 9.04. The molecule has 0 unspecified atom stereocenters. The topological polar surface area (TPSA) is 74.6 Å². The van der Waals surface area contributed by atoms with Gasteiger partial charge in [0.05, 0.1) is 11.8 Å². The molecule has 6 aliphatic rings. The van der Waals surface area contributed by atoms with E-state index in [4.69, 9.17) is 0 Å². The highest BCUT2D eigenvalue weighted by Crippen LogP contribution is 2.98. The van der Waals surface area contributed by atoms with Gasteiger partial charge in [-0.05, 0) is 46.8 Å². The van der Waals surface area contributed by atoms with Gasteiger partial charge in [-0.1, -0.05) is 6.92 Å². The number of hydrogen-bond donors (Lipinski definition) is 2. The summed E-state index contributed by atoms with van der Waals surface area (Å²) in [6.07, 6.45) is 0. The van der Waals surface area contributed by atoms with Crippen molar-refractivity contribution in [3.8, 4) is 0 Å². The number of fused-ring (bicyclic) bond motifs is 1. The van der Waals surface area contributed by atoms with Crippen LogP contribution in [0.4, 0.5) is 0 Å². The SMILES string of the molecule is CC12C3[C@H]4C5[C@H]3[C@H]1C([C@@H](C(=O)O)[C@H]5C(=O)O)[C@H]42. The Bertz CT molecular complexity index is 478. The van der Waals surface area contributed by atoms with E-state index in [2.05, 4.69) is 6.92 Å². The van der Waals surface area contributed by atoms with Crippen LogP contribution in [0.25, 0.3) is 0 Å². The zero-order valence-electron chi connectivity index (χ0n) is 9.41. The molecular formula is C13H14O4. The summed E-state index contributed by atoms with van der Waals surface area (Å²) < 4.78 is 0. The van der Waals surface area contributed by atoms with Crippen molar-refractivity contribution in [1.29, 1.82) is 0 Å². The van der Waals surface area contributed by atoms with E-state index >= 15 is 0 Å². The molecule has 0 aromatic carbocycles. The van der Waals surface area contributed by atoms with Gasteiger partial charge in [-0.15, -0.1) is 0 Å². The first-order valence-corrected chi connectivity index (χ1v) is 6.47. The summed E-state index contributed by atoms with van der Waals surface area (Å²) in [6.45, 7) is 2.30. The third kappa shape index (κ3) is 0.526. The number of carboxylic acids is 2. The van der Waals surface area contributed by atoms with Crippen LogP contribution in [-0.4, -0.2) is 22.2 Å². The highest BCUT2D eigenvalue weighted by molar-refractivity contribution is 5.83. The molecule has 6 aliphatic carbocycles. The van der Waals surface area contributed by atoms with Crippen molar-refractivity contribution in [2.24, 2.45) is 58.7 Å². The summed E-state index contributed by atoms with van der Waals surface area (Å²) >= 11 is 0. The molecule has 0 heterocycles. The molecule has 0 spiro atoms. The van der Waals surface area contributed by atoms with Gasteiger partial charge in [0.1, 0.15) is 0 Å². The summed E-state index contributed by atoms with van der Waals surface area (Å²) in [6, 6.07) is 0. The van der Waals surface area contributed by atoms with Crippen molar-refractivity contribution in [3.63, 3.8) is 0 Å². The summed E-state index contributed by atoms with van der Waals surface area (Å²) in [7, 11) is 0. The number of carbonyl (C=O) groups is 2. The maximum absolute atomic E-state index is 11.4. The molecule has 17 heavy (non-hydrogen) atoms. The van der Waals surface area contributed by atoms with Crippen LogP contribution in [-0.2, 0) is 9.59 Å². The van der Waals surface area contributed by atoms with Crippen molar-refractivity contribution in [2.45, 2.75) is 6.92 Å². The van der Waals surface area contributed by atoms with Gasteiger partial charge < -0.3 is 10.2 Å². The molecule has 2 N–H and O–H groups in total. The van der Waals surface area contributed by atoms with Crippen molar-refractivity contribution in [3.05, 3.63) is 0 Å². The molecule has 6 rings (SSSR count). The van der Waals surface area contributed by atoms with Crippen LogP contribution >= 0.6 is 0 Å². The lowest BCUT2D eigenvalue weighted by Gasteiger charge is -2.99. The molecule has 6 fully saturated rings. The summed E-state index contributed by atoms with van der Waals surface area (Å²) in [5, 5.41) is 18.7. The number of rotatable bonds is 2. The fourth-order valence-corrected chi connectivity index (χ4v) is 7.35. The normalized spacial score (nSPS) is 71.2. The van der Waals surface area contributed by atoms with Gasteiger partial charge in [0, 0.05) is 0 Å². The standard InChI is InChI=1S/C13H14O4/c1-13-8-5-2-3(11(14)15)4(12(16)17)7(9(5)13)10(13)6(2)8/h2-10H,1H3,(H,14,15)(H,16,17)/t2?,3-,4-,5+,6+,7?,8?,9-,10-,13?/m0/s1. The number of aliphatic carboxylic acids is 2. The molecule has 0 radical (unpaired) electrons. The van der Waals surface area contributed by atoms with Crippen LogP contribution in [0.5, 0.6) is 0 Å². The third-order valence-electron chi connectivity index (χ3n) is 7.32. The molecular weight excluding hydrogens is 220 g/mol. The first-order chi connectivity index (χ1) is 8.01. The van der Waals surface area contributed by atoms with Crippen molar-refractivity contribution in [2.75, 3.05) is 0 Å². The molecule has 0 amide bonds. The highest BCUT2D eigenvalue weighted by Gasteiger charge is 2.96. The van der Waals surface area contributed by atoms with E-state index in [1.165, 1.54) is 0 Å². The van der Waals surface area contributed by atoms with Crippen LogP contribution in [0.2, 0.25) is 0 Å². The van der Waals surface area contributed by atoms with Crippen molar-refractivity contribution < 1.29 is 19.8 Å². The zero-order chi connectivity index (χ0) is 11.9. The Kier molecular flexibility index (Phi) is 1.06. The minimum atomic E-state index is -0.873. The lowest BCUT2D eigenvalue weighted by Crippen LogP contribution is -2.97. The van der Waals surface area contributed by atoms with Crippen LogP contribution in [0.3, 0.4) is 0 Å². The maximum atomic E-state index is 11.4. The highest BCUT2D eigenvalue weighted by atomic mass is 16.4. The quantitative estimate of drug-likeness (QED) is 0.740. The molecule has 0 saturated heterocycles. The van der Waals surface area contributed by atoms with Gasteiger partial charge in [-0.2, -0.15) is 0 Å². The second kappa shape index (κ2) is 2.02. The van der Waals surface area contributed by atoms with Crippen LogP contribution in [0.15, 0.2) is 0 Å². The first kappa shape index (κ1) is 8.95. The third-order valence-corrected chi connectivity index (χ3v) is 7.32. The van der Waals surface area contributed by atoms with E-state index in [0.29, 0.717) is 29.1 Å². The maximum Gasteiger partial charge on any atom is 0.307 e. The van der Waals surface area contributed by atoms with E-state index in [0.717, 1.165) is 5.92 Å². The second-order valence-electron chi connectivity index (χ2n) is 6.98. The Morgan fingerprint density at radius 2 is 1.24 bits per heavy atom. The molecule has 2 bridgehead atoms. The number of hydrogen-bond acceptors (Lipinski definition) is 2. The van der Waals surface area contributed by atoms with E-state index in [1.807, 2.05) is 0 Å². The van der Waals surface area contributed by atoms with Crippen LogP contribution < -0.4 is 0 Å². The molecule has 6 saturated carbocycles. The Labute approximate surface area is 98.0 Å². The molecule has 90 valence electrons. The van der Waals surface area contributed by atoms with E-state index in [1.54, 1.807) is 0 Å². The Morgan fingerprint density at radius 1 is 0.824 bits per heavy atom. The Morgan fingerprint density at radius 3 is 1.71 bits per heavy atom. The second-order valence-corrected chi connectivity index (χ2v) is 6.98. The molecule has 0 aliphatic heterocycles. The van der Waals surface area contributed by atoms with Crippen molar-refractivity contribution >= 4 is 11.9 Å². The molecule has 0 aromatic rings. The summed E-state index contributed by atoms with van der Waals surface area (Å²) in [5.41, 5.74) is 0.424. The fraction of sp³-hybridized carbons (Fsp3) is 0.846. The first-order valence-electron chi connectivity index (χ1n) is 6.47. The van der Waals surface area contributed by atoms with E-state index in [9.17, 15) is 19.8 Å². The molecule has 0 aromatic heterocycles. The van der Waals surface area contributed by atoms with Crippen molar-refractivity contribution in [1.82, 2.24) is 0 Å². The van der Waals surface area contributed by atoms with Gasteiger partial charge in [0.25, 0.3) is 0 Å². The largest absolute Gasteiger partial charge is 0.481 e. The summed E-state index contributed by atoms with van der Waals surface area (Å²) in [4.78, 5) is 22.8. The minimum absolute atomic E-state index is 0.184. The van der Waals surface area contributed by atoms with Crippen LogP contribution in [0.1, 0.15) is 6.92 Å². The average Bonchev–Trinajstić information content (AvgIpc) is 2.24. The molecule has 4 heteroatoms. The minimum Gasteiger partial charge on any atom is -0.481 e. The molecule has 4 nitrogen and oxygen atoms in total. The monoisotopic (exact) mass is 234 g/mol. The van der Waals surface area contributed by atoms with Gasteiger partial charge in [-0.25, -0.2) is 0 Å². The van der Waals surface area contributed by atoms with Crippen LogP contribution in [0, 0.1) is 58.7 Å². The smallest absolute Gasteiger partial charge is 0.307 e. The van der Waals surface area contributed by atoms with Gasteiger partial charge in [0.15, 0.2) is 0 Å². The van der Waals surface area contributed by atoms with Gasteiger partial charge in [0.2, 0.25) is 0 Å². The average molecular weight is 234 g/mol. The van der Waals surface area contributed by atoms with E-state index < -0.39 is 23.8 Å². The van der Waals surface area contributed by atoms with Gasteiger partial charge >= 0.3 is 11.9 Å². The zero-order valence-corrected chi connectivity index (χ0v) is 9.41. The molecule has 6 atom stereocenters. The Balaban J connectivity index is 1.63. The Hall–Kier alpha value is -1.06. The summed E-state index contributed by atoms with van der Waals surface area (Å²) in [5.74, 6) is 0.418. The predicted molar refractivity (Wildman–Crippen MR) is 54.8 cm³/mol. The van der Waals surface area contributed by atoms with Gasteiger partial charge in [-0.3, -0.25) is 9.59 Å².